The summed E-state index contributed by atoms with van der Waals surface area (Å²) in [5, 5.41) is 2.69. The van der Waals surface area contributed by atoms with Gasteiger partial charge in [0.2, 0.25) is 5.91 Å². The first-order chi connectivity index (χ1) is 8.11. The van der Waals surface area contributed by atoms with E-state index in [1.807, 2.05) is 26.0 Å². The SMILES string of the molecule is COCC(=O)NCCOc1cc(C)cc(C)c1. The van der Waals surface area contributed by atoms with E-state index in [0.29, 0.717) is 13.2 Å². The monoisotopic (exact) mass is 237 g/mol. The molecule has 0 aliphatic rings. The average molecular weight is 237 g/mol. The average Bonchev–Trinajstić information content (AvgIpc) is 2.23. The van der Waals surface area contributed by atoms with Gasteiger partial charge in [0.05, 0.1) is 6.54 Å². The first-order valence-electron chi connectivity index (χ1n) is 5.58. The number of methoxy groups -OCH3 is 1. The molecule has 1 rings (SSSR count). The van der Waals surface area contributed by atoms with E-state index in [0.717, 1.165) is 5.75 Å². The van der Waals surface area contributed by atoms with Gasteiger partial charge in [-0.1, -0.05) is 6.07 Å². The predicted octanol–water partition coefficient (Wildman–Crippen LogP) is 1.44. The third-order valence-electron chi connectivity index (χ3n) is 2.16. The second-order valence-corrected chi connectivity index (χ2v) is 3.95. The van der Waals surface area contributed by atoms with E-state index >= 15 is 0 Å². The van der Waals surface area contributed by atoms with Crippen LogP contribution in [-0.4, -0.2) is 32.8 Å². The first-order valence-corrected chi connectivity index (χ1v) is 5.58. The van der Waals surface area contributed by atoms with Crippen LogP contribution in [0.4, 0.5) is 0 Å². The maximum Gasteiger partial charge on any atom is 0.246 e. The number of benzene rings is 1. The van der Waals surface area contributed by atoms with Gasteiger partial charge >= 0.3 is 0 Å². The molecule has 0 radical (unpaired) electrons. The highest BCUT2D eigenvalue weighted by Gasteiger charge is 2.00. The van der Waals surface area contributed by atoms with Crippen LogP contribution in [0.15, 0.2) is 18.2 Å². The molecule has 0 bridgehead atoms. The molecule has 0 aliphatic heterocycles. The summed E-state index contributed by atoms with van der Waals surface area (Å²) in [4.78, 5) is 11.1. The lowest BCUT2D eigenvalue weighted by atomic mass is 10.1. The molecule has 4 heteroatoms. The standard InChI is InChI=1S/C13H19NO3/c1-10-6-11(2)8-12(7-10)17-5-4-14-13(15)9-16-3/h6-8H,4-5,9H2,1-3H3,(H,14,15). The zero-order chi connectivity index (χ0) is 12.7. The van der Waals surface area contributed by atoms with Crippen LogP contribution < -0.4 is 10.1 Å². The maximum absolute atomic E-state index is 11.1. The molecule has 0 fully saturated rings. The first kappa shape index (κ1) is 13.5. The van der Waals surface area contributed by atoms with Crippen molar-refractivity contribution >= 4 is 5.91 Å². The van der Waals surface area contributed by atoms with Crippen molar-refractivity contribution in [3.63, 3.8) is 0 Å². The van der Waals surface area contributed by atoms with Crippen molar-refractivity contribution in [2.45, 2.75) is 13.8 Å². The Labute approximate surface area is 102 Å². The van der Waals surface area contributed by atoms with Gasteiger partial charge < -0.3 is 14.8 Å². The van der Waals surface area contributed by atoms with Gasteiger partial charge in [0, 0.05) is 7.11 Å². The van der Waals surface area contributed by atoms with Gasteiger partial charge in [0.25, 0.3) is 0 Å². The molecule has 0 saturated heterocycles. The molecular weight excluding hydrogens is 218 g/mol. The molecule has 1 N–H and O–H groups in total. The minimum Gasteiger partial charge on any atom is -0.492 e. The van der Waals surface area contributed by atoms with Gasteiger partial charge in [0.15, 0.2) is 0 Å². The molecule has 0 unspecified atom stereocenters. The fourth-order valence-corrected chi connectivity index (χ4v) is 1.56. The zero-order valence-corrected chi connectivity index (χ0v) is 10.6. The number of nitrogens with one attached hydrogen (secondary N) is 1. The van der Waals surface area contributed by atoms with Crippen LogP contribution in [0.3, 0.4) is 0 Å². The molecule has 0 aliphatic carbocycles. The Bertz CT molecular complexity index is 357. The largest absolute Gasteiger partial charge is 0.492 e. The second-order valence-electron chi connectivity index (χ2n) is 3.95. The summed E-state index contributed by atoms with van der Waals surface area (Å²) in [6.07, 6.45) is 0. The molecule has 1 amide bonds. The number of carbonyl (C=O) groups excluding carboxylic acids is 1. The molecule has 0 saturated carbocycles. The van der Waals surface area contributed by atoms with Gasteiger partial charge in [-0.25, -0.2) is 0 Å². The van der Waals surface area contributed by atoms with E-state index in [4.69, 9.17) is 9.47 Å². The summed E-state index contributed by atoms with van der Waals surface area (Å²) in [6, 6.07) is 6.04. The molecule has 1 aromatic carbocycles. The van der Waals surface area contributed by atoms with Crippen LogP contribution >= 0.6 is 0 Å². The van der Waals surface area contributed by atoms with Crippen LogP contribution in [0.2, 0.25) is 0 Å². The van der Waals surface area contributed by atoms with Gasteiger partial charge in [-0.2, -0.15) is 0 Å². The van der Waals surface area contributed by atoms with Crippen molar-refractivity contribution in [1.29, 1.82) is 0 Å². The Morgan fingerprint density at radius 3 is 2.47 bits per heavy atom. The molecule has 0 atom stereocenters. The van der Waals surface area contributed by atoms with Crippen LogP contribution in [-0.2, 0) is 9.53 Å². The lowest BCUT2D eigenvalue weighted by Crippen LogP contribution is -2.30. The molecule has 4 nitrogen and oxygen atoms in total. The topological polar surface area (TPSA) is 47.6 Å². The van der Waals surface area contributed by atoms with Gasteiger partial charge in [-0.3, -0.25) is 4.79 Å². The smallest absolute Gasteiger partial charge is 0.246 e. The number of hydrogen-bond donors (Lipinski definition) is 1. The summed E-state index contributed by atoms with van der Waals surface area (Å²) in [5.41, 5.74) is 2.34. The fraction of sp³-hybridized carbons (Fsp3) is 0.462. The summed E-state index contributed by atoms with van der Waals surface area (Å²) in [7, 11) is 1.49. The van der Waals surface area contributed by atoms with E-state index in [-0.39, 0.29) is 12.5 Å². The van der Waals surface area contributed by atoms with Gasteiger partial charge in [-0.05, 0) is 37.1 Å². The molecule has 0 heterocycles. The Hall–Kier alpha value is -1.55. The second kappa shape index (κ2) is 6.91. The normalized spacial score (nSPS) is 10.1. The Morgan fingerprint density at radius 1 is 1.24 bits per heavy atom. The molecule has 17 heavy (non-hydrogen) atoms. The van der Waals surface area contributed by atoms with Crippen molar-refractivity contribution in [1.82, 2.24) is 5.32 Å². The van der Waals surface area contributed by atoms with Gasteiger partial charge in [-0.15, -0.1) is 0 Å². The van der Waals surface area contributed by atoms with Crippen LogP contribution in [0.5, 0.6) is 5.75 Å². The Balaban J connectivity index is 2.28. The molecule has 94 valence electrons. The van der Waals surface area contributed by atoms with E-state index in [1.165, 1.54) is 18.2 Å². The number of hydrogen-bond acceptors (Lipinski definition) is 3. The van der Waals surface area contributed by atoms with Crippen molar-refractivity contribution in [3.8, 4) is 5.75 Å². The predicted molar refractivity (Wildman–Crippen MR) is 66.3 cm³/mol. The van der Waals surface area contributed by atoms with Crippen molar-refractivity contribution in [2.75, 3.05) is 26.9 Å². The highest BCUT2D eigenvalue weighted by Crippen LogP contribution is 2.15. The quantitative estimate of drug-likeness (QED) is 0.762. The minimum absolute atomic E-state index is 0.0869. The third kappa shape index (κ3) is 5.36. The van der Waals surface area contributed by atoms with Crippen LogP contribution in [0, 0.1) is 13.8 Å². The Kier molecular flexibility index (Phi) is 5.49. The lowest BCUT2D eigenvalue weighted by Gasteiger charge is -2.09. The summed E-state index contributed by atoms with van der Waals surface area (Å²) in [6.45, 7) is 5.08. The highest BCUT2D eigenvalue weighted by atomic mass is 16.5. The van der Waals surface area contributed by atoms with E-state index < -0.39 is 0 Å². The number of ether oxygens (including phenoxy) is 2. The van der Waals surface area contributed by atoms with E-state index in [1.54, 1.807) is 0 Å². The third-order valence-corrected chi connectivity index (χ3v) is 2.16. The molecule has 0 aromatic heterocycles. The maximum atomic E-state index is 11.1. The fourth-order valence-electron chi connectivity index (χ4n) is 1.56. The zero-order valence-electron chi connectivity index (χ0n) is 10.6. The Morgan fingerprint density at radius 2 is 1.88 bits per heavy atom. The van der Waals surface area contributed by atoms with Crippen molar-refractivity contribution < 1.29 is 14.3 Å². The van der Waals surface area contributed by atoms with E-state index in [2.05, 4.69) is 11.4 Å². The number of aryl methyl sites for hydroxylation is 2. The number of rotatable bonds is 6. The molecule has 0 spiro atoms. The summed E-state index contributed by atoms with van der Waals surface area (Å²) >= 11 is 0. The number of carbonyl (C=O) groups is 1. The minimum atomic E-state index is -0.128. The van der Waals surface area contributed by atoms with Crippen molar-refractivity contribution in [2.24, 2.45) is 0 Å². The van der Waals surface area contributed by atoms with Crippen LogP contribution in [0.1, 0.15) is 11.1 Å². The van der Waals surface area contributed by atoms with Gasteiger partial charge in [0.1, 0.15) is 19.0 Å². The van der Waals surface area contributed by atoms with E-state index in [9.17, 15) is 4.79 Å². The number of amides is 1. The summed E-state index contributed by atoms with van der Waals surface area (Å²) < 4.78 is 10.2. The lowest BCUT2D eigenvalue weighted by molar-refractivity contribution is -0.124. The summed E-state index contributed by atoms with van der Waals surface area (Å²) in [5.74, 6) is 0.708. The molecular formula is C13H19NO3. The van der Waals surface area contributed by atoms with Crippen LogP contribution in [0.25, 0.3) is 0 Å². The van der Waals surface area contributed by atoms with Crippen molar-refractivity contribution in [3.05, 3.63) is 29.3 Å². The highest BCUT2D eigenvalue weighted by molar-refractivity contribution is 5.77. The molecule has 1 aromatic rings.